The Balaban J connectivity index is 1.92. The Kier molecular flexibility index (Phi) is 2.77. The molecule has 19 heavy (non-hydrogen) atoms. The third-order valence-electron chi connectivity index (χ3n) is 3.70. The zero-order chi connectivity index (χ0) is 13.6. The maximum absolute atomic E-state index is 13.8. The lowest BCUT2D eigenvalue weighted by Crippen LogP contribution is -2.20. The van der Waals surface area contributed by atoms with E-state index in [9.17, 15) is 14.3 Å². The van der Waals surface area contributed by atoms with Crippen molar-refractivity contribution in [1.29, 1.82) is 0 Å². The third kappa shape index (κ3) is 2.09. The van der Waals surface area contributed by atoms with Gasteiger partial charge in [0.15, 0.2) is 0 Å². The van der Waals surface area contributed by atoms with Gasteiger partial charge >= 0.3 is 0 Å². The number of halogens is 1. The van der Waals surface area contributed by atoms with Gasteiger partial charge in [0.05, 0.1) is 5.71 Å². The number of hydrazone groups is 1. The lowest BCUT2D eigenvalue weighted by atomic mass is 10.0. The van der Waals surface area contributed by atoms with E-state index in [1.54, 1.807) is 0 Å². The number of benzene rings is 1. The summed E-state index contributed by atoms with van der Waals surface area (Å²) >= 11 is 0. The van der Waals surface area contributed by atoms with Crippen LogP contribution in [0.15, 0.2) is 17.2 Å². The fraction of sp³-hybridized carbons (Fsp3) is 0.429. The Morgan fingerprint density at radius 2 is 2.21 bits per heavy atom. The molecule has 0 spiro atoms. The van der Waals surface area contributed by atoms with Crippen LogP contribution in [-0.2, 0) is 4.79 Å². The molecule has 1 aromatic carbocycles. The van der Waals surface area contributed by atoms with Crippen molar-refractivity contribution in [2.24, 2.45) is 11.0 Å². The minimum atomic E-state index is -0.334. The summed E-state index contributed by atoms with van der Waals surface area (Å²) in [5, 5.41) is 13.9. The first-order valence-electron chi connectivity index (χ1n) is 6.46. The highest BCUT2D eigenvalue weighted by atomic mass is 19.1. The second-order valence-electron chi connectivity index (χ2n) is 5.27. The van der Waals surface area contributed by atoms with Crippen LogP contribution in [0.1, 0.15) is 43.2 Å². The Bertz CT molecular complexity index is 579. The van der Waals surface area contributed by atoms with Crippen LogP contribution in [0.4, 0.5) is 4.39 Å². The van der Waals surface area contributed by atoms with Gasteiger partial charge in [0.2, 0.25) is 5.91 Å². The number of phenolic OH excluding ortho intramolecular Hbond substituents is 1. The molecule has 0 aliphatic heterocycles. The van der Waals surface area contributed by atoms with Gasteiger partial charge in [0.25, 0.3) is 0 Å². The maximum atomic E-state index is 13.8. The smallest absolute Gasteiger partial charge is 0.243 e. The van der Waals surface area contributed by atoms with Crippen molar-refractivity contribution in [3.8, 4) is 5.75 Å². The van der Waals surface area contributed by atoms with Gasteiger partial charge in [-0.1, -0.05) is 6.92 Å². The predicted octanol–water partition coefficient (Wildman–Crippen LogP) is 2.27. The van der Waals surface area contributed by atoms with Crippen molar-refractivity contribution in [3.63, 3.8) is 0 Å². The number of amides is 1. The van der Waals surface area contributed by atoms with E-state index in [-0.39, 0.29) is 29.3 Å². The van der Waals surface area contributed by atoms with Crippen LogP contribution < -0.4 is 5.43 Å². The summed E-state index contributed by atoms with van der Waals surface area (Å²) in [4.78, 5) is 11.6. The number of rotatable bonds is 2. The number of hydrogen-bond acceptors (Lipinski definition) is 3. The molecule has 1 amide bonds. The van der Waals surface area contributed by atoms with E-state index in [4.69, 9.17) is 0 Å². The summed E-state index contributed by atoms with van der Waals surface area (Å²) in [6.07, 6.45) is 2.34. The Morgan fingerprint density at radius 3 is 2.89 bits per heavy atom. The highest BCUT2D eigenvalue weighted by molar-refractivity contribution is 6.07. The van der Waals surface area contributed by atoms with Crippen LogP contribution in [-0.4, -0.2) is 16.7 Å². The molecule has 0 heterocycles. The molecule has 1 atom stereocenters. The van der Waals surface area contributed by atoms with E-state index < -0.39 is 0 Å². The molecule has 1 fully saturated rings. The highest BCUT2D eigenvalue weighted by Crippen LogP contribution is 2.39. The molecule has 0 bridgehead atoms. The van der Waals surface area contributed by atoms with E-state index >= 15 is 0 Å². The monoisotopic (exact) mass is 262 g/mol. The quantitative estimate of drug-likeness (QED) is 0.803. The van der Waals surface area contributed by atoms with Crippen LogP contribution in [0, 0.1) is 11.7 Å². The van der Waals surface area contributed by atoms with E-state index in [1.165, 1.54) is 12.1 Å². The number of fused-ring (bicyclic) bond motifs is 1. The number of phenols is 1. The Hall–Kier alpha value is -1.91. The molecule has 5 heteroatoms. The lowest BCUT2D eigenvalue weighted by molar-refractivity contribution is -0.122. The number of nitrogens with zero attached hydrogens (tertiary/aromatic N) is 1. The van der Waals surface area contributed by atoms with Gasteiger partial charge < -0.3 is 5.11 Å². The van der Waals surface area contributed by atoms with Crippen molar-refractivity contribution >= 4 is 11.6 Å². The lowest BCUT2D eigenvalue weighted by Gasteiger charge is -2.06. The zero-order valence-electron chi connectivity index (χ0n) is 10.6. The van der Waals surface area contributed by atoms with Crippen LogP contribution in [0.3, 0.4) is 0 Å². The second-order valence-corrected chi connectivity index (χ2v) is 5.27. The molecule has 0 saturated heterocycles. The van der Waals surface area contributed by atoms with E-state index in [0.717, 1.165) is 12.8 Å². The SMILES string of the molecule is C[C@H]1C/C(=N\NC(=O)C2CC2)c2c(O)ccc(F)c21. The topological polar surface area (TPSA) is 61.7 Å². The van der Waals surface area contributed by atoms with Crippen LogP contribution in [0.2, 0.25) is 0 Å². The third-order valence-corrected chi connectivity index (χ3v) is 3.70. The summed E-state index contributed by atoms with van der Waals surface area (Å²) in [5.41, 5.74) is 3.98. The summed E-state index contributed by atoms with van der Waals surface area (Å²) in [7, 11) is 0. The summed E-state index contributed by atoms with van der Waals surface area (Å²) in [6, 6.07) is 2.58. The van der Waals surface area contributed by atoms with Gasteiger partial charge in [-0.25, -0.2) is 9.82 Å². The molecule has 2 N–H and O–H groups in total. The second kappa shape index (κ2) is 4.33. The fourth-order valence-corrected chi connectivity index (χ4v) is 2.52. The van der Waals surface area contributed by atoms with Crippen LogP contribution in [0.25, 0.3) is 0 Å². The predicted molar refractivity (Wildman–Crippen MR) is 68.5 cm³/mol. The maximum Gasteiger partial charge on any atom is 0.243 e. The number of carbonyl (C=O) groups excluding carboxylic acids is 1. The number of nitrogens with one attached hydrogen (secondary N) is 1. The minimum absolute atomic E-state index is 0.0140. The molecule has 0 aromatic heterocycles. The average Bonchev–Trinajstić information content (AvgIpc) is 3.16. The molecule has 4 nitrogen and oxygen atoms in total. The van der Waals surface area contributed by atoms with Gasteiger partial charge in [0.1, 0.15) is 11.6 Å². The molecule has 3 rings (SSSR count). The first-order chi connectivity index (χ1) is 9.08. The van der Waals surface area contributed by atoms with Gasteiger partial charge in [0, 0.05) is 17.0 Å². The van der Waals surface area contributed by atoms with Crippen molar-refractivity contribution in [1.82, 2.24) is 5.43 Å². The van der Waals surface area contributed by atoms with E-state index in [2.05, 4.69) is 10.5 Å². The van der Waals surface area contributed by atoms with Gasteiger partial charge in [-0.15, -0.1) is 0 Å². The van der Waals surface area contributed by atoms with E-state index in [0.29, 0.717) is 23.3 Å². The summed E-state index contributed by atoms with van der Waals surface area (Å²) in [5.74, 6) is -0.383. The molecule has 0 radical (unpaired) electrons. The number of hydrogen-bond donors (Lipinski definition) is 2. The van der Waals surface area contributed by atoms with Crippen LogP contribution in [0.5, 0.6) is 5.75 Å². The van der Waals surface area contributed by atoms with Crippen molar-refractivity contribution in [3.05, 3.63) is 29.1 Å². The Labute approximate surface area is 110 Å². The van der Waals surface area contributed by atoms with Crippen LogP contribution >= 0.6 is 0 Å². The van der Waals surface area contributed by atoms with Crippen molar-refractivity contribution < 1.29 is 14.3 Å². The summed E-state index contributed by atoms with van der Waals surface area (Å²) < 4.78 is 13.8. The molecule has 0 unspecified atom stereocenters. The molecule has 100 valence electrons. The Morgan fingerprint density at radius 1 is 1.47 bits per heavy atom. The largest absolute Gasteiger partial charge is 0.507 e. The highest BCUT2D eigenvalue weighted by Gasteiger charge is 2.32. The van der Waals surface area contributed by atoms with Gasteiger partial charge in [-0.05, 0) is 37.3 Å². The first-order valence-corrected chi connectivity index (χ1v) is 6.46. The van der Waals surface area contributed by atoms with E-state index in [1.807, 2.05) is 6.92 Å². The number of carbonyl (C=O) groups is 1. The molecular weight excluding hydrogens is 247 g/mol. The first kappa shape index (κ1) is 12.1. The van der Waals surface area contributed by atoms with Crippen molar-refractivity contribution in [2.45, 2.75) is 32.1 Å². The zero-order valence-corrected chi connectivity index (χ0v) is 10.6. The van der Waals surface area contributed by atoms with Gasteiger partial charge in [-0.2, -0.15) is 5.10 Å². The summed E-state index contributed by atoms with van der Waals surface area (Å²) in [6.45, 7) is 1.88. The standard InChI is InChI=1S/C14H15FN2O2/c1-7-6-10(16-17-14(19)8-2-3-8)13-11(18)5-4-9(15)12(7)13/h4-5,7-8,18H,2-3,6H2,1H3,(H,17,19)/b16-10+/t7-/m0/s1. The number of aromatic hydroxyl groups is 1. The average molecular weight is 262 g/mol. The van der Waals surface area contributed by atoms with Crippen molar-refractivity contribution in [2.75, 3.05) is 0 Å². The molecule has 1 aromatic rings. The fourth-order valence-electron chi connectivity index (χ4n) is 2.52. The molecule has 2 aliphatic rings. The molecule has 1 saturated carbocycles. The minimum Gasteiger partial charge on any atom is -0.507 e. The molecule has 2 aliphatic carbocycles. The van der Waals surface area contributed by atoms with Gasteiger partial charge in [-0.3, -0.25) is 4.79 Å². The normalized spacial score (nSPS) is 23.5. The molecular formula is C14H15FN2O2.